The largest absolute Gasteiger partial charge is 0.493 e. The van der Waals surface area contributed by atoms with Crippen molar-refractivity contribution in [1.82, 2.24) is 5.32 Å². The number of guanidine groups is 1. The predicted octanol–water partition coefficient (Wildman–Crippen LogP) is 2.48. The van der Waals surface area contributed by atoms with Gasteiger partial charge in [0, 0.05) is 52.0 Å². The van der Waals surface area contributed by atoms with Crippen molar-refractivity contribution in [2.24, 2.45) is 4.99 Å². The number of hydrogen-bond acceptors (Lipinski definition) is 5. The molecule has 0 spiro atoms. The highest BCUT2D eigenvalue weighted by Crippen LogP contribution is 2.29. The quantitative estimate of drug-likeness (QED) is 0.331. The molecule has 2 aromatic rings. The molecule has 0 saturated carbocycles. The Balaban J connectivity index is 1.51. The van der Waals surface area contributed by atoms with Crippen LogP contribution in [0.5, 0.6) is 5.75 Å². The first-order chi connectivity index (χ1) is 15.0. The van der Waals surface area contributed by atoms with Crippen molar-refractivity contribution >= 4 is 27.4 Å². The van der Waals surface area contributed by atoms with Gasteiger partial charge >= 0.3 is 0 Å². The predicted molar refractivity (Wildman–Crippen MR) is 125 cm³/mol. The minimum absolute atomic E-state index is 0.0231. The van der Waals surface area contributed by atoms with Crippen molar-refractivity contribution < 1.29 is 17.9 Å². The maximum Gasteiger partial charge on any atom is 0.236 e. The first-order valence-corrected chi connectivity index (χ1v) is 11.9. The Kier molecular flexibility index (Phi) is 8.13. The van der Waals surface area contributed by atoms with Crippen molar-refractivity contribution in [3.05, 3.63) is 54.1 Å². The second-order valence-corrected chi connectivity index (χ2v) is 9.13. The van der Waals surface area contributed by atoms with Gasteiger partial charge in [0.2, 0.25) is 10.0 Å². The Morgan fingerprint density at radius 1 is 1.16 bits per heavy atom. The Bertz CT molecular complexity index is 995. The van der Waals surface area contributed by atoms with Gasteiger partial charge in [-0.3, -0.25) is 9.30 Å². The van der Waals surface area contributed by atoms with E-state index in [1.54, 1.807) is 14.2 Å². The first kappa shape index (κ1) is 22.9. The number of anilines is 2. The van der Waals surface area contributed by atoms with E-state index in [-0.39, 0.29) is 12.3 Å². The molecule has 0 atom stereocenters. The molecule has 0 aliphatic carbocycles. The third-order valence-electron chi connectivity index (χ3n) is 4.91. The number of hydrogen-bond donors (Lipinski definition) is 2. The molecule has 0 radical (unpaired) electrons. The van der Waals surface area contributed by atoms with Crippen molar-refractivity contribution in [2.45, 2.75) is 12.8 Å². The fourth-order valence-corrected chi connectivity index (χ4v) is 4.81. The molecule has 0 saturated heterocycles. The van der Waals surface area contributed by atoms with E-state index in [4.69, 9.17) is 9.47 Å². The number of fused-ring (bicyclic) bond motifs is 1. The van der Waals surface area contributed by atoms with Gasteiger partial charge < -0.3 is 20.1 Å². The van der Waals surface area contributed by atoms with Crippen LogP contribution in [0.3, 0.4) is 0 Å². The number of nitrogens with one attached hydrogen (secondary N) is 2. The molecule has 1 aliphatic heterocycles. The molecule has 0 unspecified atom stereocenters. The van der Waals surface area contributed by atoms with Gasteiger partial charge in [-0.15, -0.1) is 0 Å². The van der Waals surface area contributed by atoms with Gasteiger partial charge in [0.25, 0.3) is 0 Å². The van der Waals surface area contributed by atoms with E-state index >= 15 is 0 Å². The van der Waals surface area contributed by atoms with Gasteiger partial charge in [0.05, 0.1) is 18.0 Å². The van der Waals surface area contributed by atoms with Gasteiger partial charge in [-0.2, -0.15) is 0 Å². The molecule has 2 N–H and O–H groups in total. The highest BCUT2D eigenvalue weighted by molar-refractivity contribution is 7.92. The smallest absolute Gasteiger partial charge is 0.236 e. The summed E-state index contributed by atoms with van der Waals surface area (Å²) in [5.41, 5.74) is 2.65. The number of benzene rings is 2. The molecule has 0 bridgehead atoms. The number of aliphatic imine (C=N–C) groups is 1. The van der Waals surface area contributed by atoms with Crippen LogP contribution in [-0.2, 0) is 21.2 Å². The fraction of sp³-hybridized carbons (Fsp3) is 0.409. The lowest BCUT2D eigenvalue weighted by Gasteiger charge is -2.20. The lowest BCUT2D eigenvalue weighted by atomic mass is 10.2. The van der Waals surface area contributed by atoms with E-state index in [1.807, 2.05) is 48.5 Å². The van der Waals surface area contributed by atoms with Gasteiger partial charge in [0.1, 0.15) is 5.75 Å². The lowest BCUT2D eigenvalue weighted by Crippen LogP contribution is -2.39. The molecular weight excluding hydrogens is 416 g/mol. The van der Waals surface area contributed by atoms with Crippen LogP contribution in [0.25, 0.3) is 0 Å². The summed E-state index contributed by atoms with van der Waals surface area (Å²) in [6, 6.07) is 15.2. The van der Waals surface area contributed by atoms with Crippen LogP contribution in [0.1, 0.15) is 12.0 Å². The average Bonchev–Trinajstić information content (AvgIpc) is 3.21. The van der Waals surface area contributed by atoms with Crippen LogP contribution in [0, 0.1) is 0 Å². The molecule has 31 heavy (non-hydrogen) atoms. The third-order valence-corrected chi connectivity index (χ3v) is 6.69. The molecule has 0 fully saturated rings. The first-order valence-electron chi connectivity index (χ1n) is 10.3. The average molecular weight is 447 g/mol. The number of rotatable bonds is 10. The fourth-order valence-electron chi connectivity index (χ4n) is 3.38. The molecule has 1 heterocycles. The number of methoxy groups -OCH3 is 1. The van der Waals surface area contributed by atoms with E-state index in [9.17, 15) is 8.42 Å². The summed E-state index contributed by atoms with van der Waals surface area (Å²) < 4.78 is 37.9. The van der Waals surface area contributed by atoms with Crippen LogP contribution in [0.4, 0.5) is 11.4 Å². The van der Waals surface area contributed by atoms with E-state index in [2.05, 4.69) is 15.6 Å². The molecule has 3 rings (SSSR count). The second-order valence-electron chi connectivity index (χ2n) is 7.11. The van der Waals surface area contributed by atoms with Crippen LogP contribution in [0.2, 0.25) is 0 Å². The Morgan fingerprint density at radius 3 is 2.81 bits per heavy atom. The standard InChI is InChI=1S/C22H30N4O4S/c1-23-22(25-19-8-5-9-20(17-19)30-15-6-14-29-2)24-12-16-31(27,28)26-13-11-18-7-3-4-10-21(18)26/h3-5,7-10,17H,6,11-16H2,1-2H3,(H2,23,24,25). The molecule has 168 valence electrons. The Morgan fingerprint density at radius 2 is 2.00 bits per heavy atom. The molecule has 1 aliphatic rings. The van der Waals surface area contributed by atoms with Gasteiger partial charge in [-0.25, -0.2) is 8.42 Å². The van der Waals surface area contributed by atoms with Crippen LogP contribution >= 0.6 is 0 Å². The Hall–Kier alpha value is -2.78. The minimum Gasteiger partial charge on any atom is -0.493 e. The maximum absolute atomic E-state index is 12.8. The van der Waals surface area contributed by atoms with Gasteiger partial charge in [-0.1, -0.05) is 24.3 Å². The minimum atomic E-state index is -3.41. The molecule has 0 amide bonds. The van der Waals surface area contributed by atoms with Gasteiger partial charge in [0.15, 0.2) is 5.96 Å². The van der Waals surface area contributed by atoms with Crippen molar-refractivity contribution in [3.8, 4) is 5.75 Å². The van der Waals surface area contributed by atoms with Crippen LogP contribution in [0.15, 0.2) is 53.5 Å². The summed E-state index contributed by atoms with van der Waals surface area (Å²) in [5.74, 6) is 1.21. The van der Waals surface area contributed by atoms with E-state index in [1.165, 1.54) is 4.31 Å². The number of sulfonamides is 1. The summed E-state index contributed by atoms with van der Waals surface area (Å²) >= 11 is 0. The lowest BCUT2D eigenvalue weighted by molar-refractivity contribution is 0.172. The number of para-hydroxylation sites is 1. The summed E-state index contributed by atoms with van der Waals surface area (Å²) in [4.78, 5) is 4.18. The molecule has 9 heteroatoms. The monoisotopic (exact) mass is 446 g/mol. The summed E-state index contributed by atoms with van der Waals surface area (Å²) in [5, 5.41) is 6.24. The van der Waals surface area contributed by atoms with Crippen molar-refractivity contribution in [1.29, 1.82) is 0 Å². The zero-order valence-corrected chi connectivity index (χ0v) is 18.8. The highest BCUT2D eigenvalue weighted by atomic mass is 32.2. The zero-order valence-electron chi connectivity index (χ0n) is 18.0. The number of nitrogens with zero attached hydrogens (tertiary/aromatic N) is 2. The normalized spacial score (nSPS) is 13.7. The van der Waals surface area contributed by atoms with Crippen LogP contribution < -0.4 is 19.7 Å². The SMILES string of the molecule is CN=C(NCCS(=O)(=O)N1CCc2ccccc21)Nc1cccc(OCCCOC)c1. The summed E-state index contributed by atoms with van der Waals surface area (Å²) in [6.07, 6.45) is 1.56. The molecule has 2 aromatic carbocycles. The summed E-state index contributed by atoms with van der Waals surface area (Å²) in [7, 11) is -0.105. The van der Waals surface area contributed by atoms with Crippen molar-refractivity contribution in [2.75, 3.05) is 55.8 Å². The Labute approximate surface area is 184 Å². The van der Waals surface area contributed by atoms with E-state index in [0.717, 1.165) is 35.5 Å². The maximum atomic E-state index is 12.8. The second kappa shape index (κ2) is 11.0. The van der Waals surface area contributed by atoms with Crippen LogP contribution in [-0.4, -0.2) is 60.6 Å². The molecule has 0 aromatic heterocycles. The van der Waals surface area contributed by atoms with Crippen molar-refractivity contribution in [3.63, 3.8) is 0 Å². The topological polar surface area (TPSA) is 92.3 Å². The number of ether oxygens (including phenoxy) is 2. The van der Waals surface area contributed by atoms with E-state index in [0.29, 0.717) is 25.7 Å². The van der Waals surface area contributed by atoms with E-state index < -0.39 is 10.0 Å². The zero-order chi connectivity index (χ0) is 22.1. The van der Waals surface area contributed by atoms with Gasteiger partial charge in [-0.05, 0) is 30.2 Å². The summed E-state index contributed by atoms with van der Waals surface area (Å²) in [6.45, 7) is 1.96. The third kappa shape index (κ3) is 6.35. The molecule has 8 nitrogen and oxygen atoms in total. The molecular formula is C22H30N4O4S. The highest BCUT2D eigenvalue weighted by Gasteiger charge is 2.28.